The zero-order valence-corrected chi connectivity index (χ0v) is 10.8. The minimum atomic E-state index is -3.26. The van der Waals surface area contributed by atoms with Crippen LogP contribution in [0, 0.1) is 5.92 Å². The van der Waals surface area contributed by atoms with Crippen molar-refractivity contribution in [2.24, 2.45) is 5.92 Å². The van der Waals surface area contributed by atoms with Gasteiger partial charge in [-0.1, -0.05) is 13.8 Å². The maximum atomic E-state index is 11.5. The van der Waals surface area contributed by atoms with Crippen molar-refractivity contribution in [1.82, 2.24) is 4.72 Å². The summed E-state index contributed by atoms with van der Waals surface area (Å²) >= 11 is 5.44. The zero-order chi connectivity index (χ0) is 11.9. The summed E-state index contributed by atoms with van der Waals surface area (Å²) in [5.74, 6) is 0.557. The summed E-state index contributed by atoms with van der Waals surface area (Å²) in [6.45, 7) is 3.83. The van der Waals surface area contributed by atoms with E-state index in [1.165, 1.54) is 0 Å². The Hall–Kier alpha value is 0.160. The van der Waals surface area contributed by atoms with Gasteiger partial charge in [0.15, 0.2) is 0 Å². The second kappa shape index (κ2) is 7.44. The average Bonchev–Trinajstić information content (AvgIpc) is 2.14. The first kappa shape index (κ1) is 15.2. The van der Waals surface area contributed by atoms with Crippen LogP contribution in [0.5, 0.6) is 0 Å². The molecule has 0 spiro atoms. The molecule has 0 aromatic rings. The van der Waals surface area contributed by atoms with E-state index in [2.05, 4.69) is 4.72 Å². The topological polar surface area (TPSA) is 66.4 Å². The Balaban J connectivity index is 4.25. The summed E-state index contributed by atoms with van der Waals surface area (Å²) in [4.78, 5) is 0. The van der Waals surface area contributed by atoms with Gasteiger partial charge in [-0.15, -0.1) is 11.6 Å². The summed E-state index contributed by atoms with van der Waals surface area (Å²) in [6.07, 6.45) is 0.888. The van der Waals surface area contributed by atoms with Crippen molar-refractivity contribution in [3.8, 4) is 0 Å². The number of nitrogens with one attached hydrogen (secondary N) is 1. The van der Waals surface area contributed by atoms with Gasteiger partial charge in [0.05, 0.1) is 5.75 Å². The van der Waals surface area contributed by atoms with E-state index < -0.39 is 10.0 Å². The molecule has 0 saturated heterocycles. The number of hydrogen-bond acceptors (Lipinski definition) is 3. The van der Waals surface area contributed by atoms with E-state index >= 15 is 0 Å². The molecule has 15 heavy (non-hydrogen) atoms. The molecule has 0 aliphatic heterocycles. The summed E-state index contributed by atoms with van der Waals surface area (Å²) in [5, 5.41) is 8.80. The van der Waals surface area contributed by atoms with Crippen LogP contribution in [-0.4, -0.2) is 37.8 Å². The molecule has 0 rings (SSSR count). The molecule has 0 amide bonds. The lowest BCUT2D eigenvalue weighted by Crippen LogP contribution is -2.40. The quantitative estimate of drug-likeness (QED) is 0.636. The van der Waals surface area contributed by atoms with Gasteiger partial charge in [0.2, 0.25) is 10.0 Å². The van der Waals surface area contributed by atoms with Gasteiger partial charge in [-0.3, -0.25) is 0 Å². The third kappa shape index (κ3) is 7.11. The van der Waals surface area contributed by atoms with Crippen molar-refractivity contribution < 1.29 is 13.5 Å². The molecule has 0 heterocycles. The van der Waals surface area contributed by atoms with E-state index in [0.717, 1.165) is 0 Å². The van der Waals surface area contributed by atoms with Gasteiger partial charge < -0.3 is 5.11 Å². The number of rotatable bonds is 8. The summed E-state index contributed by atoms with van der Waals surface area (Å²) in [6, 6.07) is -0.199. The second-order valence-corrected chi connectivity index (χ2v) is 6.09. The number of halogens is 1. The average molecular weight is 258 g/mol. The van der Waals surface area contributed by atoms with Crippen LogP contribution >= 0.6 is 11.6 Å². The largest absolute Gasteiger partial charge is 0.396 e. The van der Waals surface area contributed by atoms with Crippen molar-refractivity contribution in [1.29, 1.82) is 0 Å². The number of sulfonamides is 1. The minimum Gasteiger partial charge on any atom is -0.396 e. The van der Waals surface area contributed by atoms with E-state index in [1.54, 1.807) is 0 Å². The molecule has 0 aromatic carbocycles. The Bertz CT molecular complexity index is 254. The predicted molar refractivity (Wildman–Crippen MR) is 62.6 cm³/mol. The Morgan fingerprint density at radius 1 is 1.40 bits per heavy atom. The Morgan fingerprint density at radius 2 is 2.00 bits per heavy atom. The van der Waals surface area contributed by atoms with Crippen LogP contribution in [-0.2, 0) is 10.0 Å². The maximum absolute atomic E-state index is 11.5. The smallest absolute Gasteiger partial charge is 0.211 e. The van der Waals surface area contributed by atoms with Crippen LogP contribution in [0.1, 0.15) is 26.7 Å². The molecule has 0 radical (unpaired) electrons. The number of aliphatic hydroxyl groups excluding tert-OH is 1. The summed E-state index contributed by atoms with van der Waals surface area (Å²) < 4.78 is 25.6. The van der Waals surface area contributed by atoms with E-state index in [9.17, 15) is 8.42 Å². The van der Waals surface area contributed by atoms with Crippen LogP contribution in [0.4, 0.5) is 0 Å². The van der Waals surface area contributed by atoms with Crippen LogP contribution in [0.2, 0.25) is 0 Å². The van der Waals surface area contributed by atoms with Crippen LogP contribution in [0.25, 0.3) is 0 Å². The van der Waals surface area contributed by atoms with Crippen molar-refractivity contribution >= 4 is 21.6 Å². The van der Waals surface area contributed by atoms with E-state index in [4.69, 9.17) is 16.7 Å². The first-order valence-corrected chi connectivity index (χ1v) is 7.28. The molecule has 4 nitrogen and oxygen atoms in total. The second-order valence-electron chi connectivity index (χ2n) is 3.84. The molecule has 92 valence electrons. The van der Waals surface area contributed by atoms with Gasteiger partial charge in [0.1, 0.15) is 0 Å². The fourth-order valence-corrected chi connectivity index (χ4v) is 2.99. The first-order valence-electron chi connectivity index (χ1n) is 5.09. The highest BCUT2D eigenvalue weighted by Crippen LogP contribution is 2.07. The number of aliphatic hydroxyl groups is 1. The van der Waals surface area contributed by atoms with Crippen molar-refractivity contribution in [2.45, 2.75) is 32.7 Å². The van der Waals surface area contributed by atoms with Gasteiger partial charge >= 0.3 is 0 Å². The molecule has 0 saturated carbocycles. The molecule has 0 bridgehead atoms. The number of alkyl halides is 1. The molecular formula is C9H20ClNO3S. The molecular weight excluding hydrogens is 238 g/mol. The van der Waals surface area contributed by atoms with Gasteiger partial charge in [-0.05, 0) is 18.8 Å². The van der Waals surface area contributed by atoms with Gasteiger partial charge in [0.25, 0.3) is 0 Å². The molecule has 6 heteroatoms. The molecule has 0 aromatic heterocycles. The van der Waals surface area contributed by atoms with E-state index in [-0.39, 0.29) is 24.3 Å². The van der Waals surface area contributed by atoms with E-state index in [1.807, 2.05) is 13.8 Å². The van der Waals surface area contributed by atoms with Crippen LogP contribution in [0.15, 0.2) is 0 Å². The number of hydrogen-bond donors (Lipinski definition) is 2. The highest BCUT2D eigenvalue weighted by atomic mass is 35.5. The lowest BCUT2D eigenvalue weighted by Gasteiger charge is -2.21. The Labute approximate surface area is 97.1 Å². The van der Waals surface area contributed by atoms with Crippen molar-refractivity contribution in [3.05, 3.63) is 0 Å². The molecule has 1 atom stereocenters. The molecule has 0 aliphatic carbocycles. The Kier molecular flexibility index (Phi) is 7.52. The normalized spacial score (nSPS) is 14.5. The third-order valence-corrected chi connectivity index (χ3v) is 3.88. The van der Waals surface area contributed by atoms with Crippen molar-refractivity contribution in [2.75, 3.05) is 18.2 Å². The summed E-state index contributed by atoms with van der Waals surface area (Å²) in [7, 11) is -3.26. The Morgan fingerprint density at radius 3 is 2.40 bits per heavy atom. The standard InChI is InChI=1S/C9H20ClNO3S/c1-8(2)9(4-6-12)11-15(13,14)7-3-5-10/h8-9,11-12H,3-7H2,1-2H3. The lowest BCUT2D eigenvalue weighted by atomic mass is 10.0. The van der Waals surface area contributed by atoms with Gasteiger partial charge in [0, 0.05) is 18.5 Å². The molecule has 2 N–H and O–H groups in total. The highest BCUT2D eigenvalue weighted by molar-refractivity contribution is 7.89. The van der Waals surface area contributed by atoms with Crippen molar-refractivity contribution in [3.63, 3.8) is 0 Å². The van der Waals surface area contributed by atoms with Gasteiger partial charge in [-0.25, -0.2) is 13.1 Å². The van der Waals surface area contributed by atoms with E-state index in [0.29, 0.717) is 18.7 Å². The predicted octanol–water partition coefficient (Wildman–Crippen LogP) is 0.942. The van der Waals surface area contributed by atoms with Crippen LogP contribution in [0.3, 0.4) is 0 Å². The zero-order valence-electron chi connectivity index (χ0n) is 9.24. The monoisotopic (exact) mass is 257 g/mol. The first-order chi connectivity index (χ1) is 6.93. The van der Waals surface area contributed by atoms with Gasteiger partial charge in [-0.2, -0.15) is 0 Å². The molecule has 0 fully saturated rings. The minimum absolute atomic E-state index is 0.0130. The summed E-state index contributed by atoms with van der Waals surface area (Å²) in [5.41, 5.74) is 0. The van der Waals surface area contributed by atoms with Crippen LogP contribution < -0.4 is 4.72 Å². The third-order valence-electron chi connectivity index (χ3n) is 2.12. The maximum Gasteiger partial charge on any atom is 0.211 e. The SMILES string of the molecule is CC(C)C(CCO)NS(=O)(=O)CCCCl. The lowest BCUT2D eigenvalue weighted by molar-refractivity contribution is 0.256. The fraction of sp³-hybridized carbons (Fsp3) is 1.00. The fourth-order valence-electron chi connectivity index (χ4n) is 1.20. The molecule has 1 unspecified atom stereocenters. The molecule has 0 aliphatic rings. The highest BCUT2D eigenvalue weighted by Gasteiger charge is 2.19.